The molecular weight excluding hydrogens is 709 g/mol. The zero-order valence-electron chi connectivity index (χ0n) is 31.3. The SMILES string of the molecule is c1ccc(N(c2ccccc2)c2ccc(-c3ccc(-n4c5ccccc5c5c(-c6cccc7c6oc6ccccc67)c6c(cc54)oc4ccccc46)cc3)cc2)cc1. The molecule has 0 bridgehead atoms. The van der Waals surface area contributed by atoms with Crippen molar-refractivity contribution in [2.24, 2.45) is 0 Å². The molecule has 12 aromatic rings. The highest BCUT2D eigenvalue weighted by Gasteiger charge is 2.25. The third kappa shape index (κ3) is 4.95. The summed E-state index contributed by atoms with van der Waals surface area (Å²) in [4.78, 5) is 2.29. The summed E-state index contributed by atoms with van der Waals surface area (Å²) >= 11 is 0. The first-order valence-electron chi connectivity index (χ1n) is 19.7. The topological polar surface area (TPSA) is 34.5 Å². The predicted octanol–water partition coefficient (Wildman–Crippen LogP) is 15.4. The van der Waals surface area contributed by atoms with Gasteiger partial charge in [-0.3, -0.25) is 0 Å². The fraction of sp³-hybridized carbons (Fsp3) is 0. The molecule has 58 heavy (non-hydrogen) atoms. The van der Waals surface area contributed by atoms with E-state index >= 15 is 0 Å². The average Bonchev–Trinajstić information content (AvgIpc) is 3.96. The fourth-order valence-corrected chi connectivity index (χ4v) is 9.03. The minimum atomic E-state index is 0.845. The molecule has 0 aliphatic heterocycles. The monoisotopic (exact) mass is 742 g/mol. The highest BCUT2D eigenvalue weighted by atomic mass is 16.3. The maximum Gasteiger partial charge on any atom is 0.143 e. The Bertz CT molecular complexity index is 3450. The van der Waals surface area contributed by atoms with Gasteiger partial charge in [-0.2, -0.15) is 0 Å². The molecule has 12 rings (SSSR count). The van der Waals surface area contributed by atoms with Crippen molar-refractivity contribution in [1.29, 1.82) is 0 Å². The van der Waals surface area contributed by atoms with E-state index < -0.39 is 0 Å². The first-order chi connectivity index (χ1) is 28.8. The largest absolute Gasteiger partial charge is 0.456 e. The second kappa shape index (κ2) is 12.9. The number of nitrogens with zero attached hydrogens (tertiary/aromatic N) is 2. The molecule has 0 unspecified atom stereocenters. The quantitative estimate of drug-likeness (QED) is 0.170. The van der Waals surface area contributed by atoms with E-state index in [0.29, 0.717) is 0 Å². The van der Waals surface area contributed by atoms with Gasteiger partial charge in [-0.1, -0.05) is 133 Å². The van der Waals surface area contributed by atoms with Crippen LogP contribution < -0.4 is 4.90 Å². The van der Waals surface area contributed by atoms with Gasteiger partial charge in [0.25, 0.3) is 0 Å². The Balaban J connectivity index is 1.03. The lowest BCUT2D eigenvalue weighted by Gasteiger charge is -2.25. The Morgan fingerprint density at radius 3 is 1.62 bits per heavy atom. The Kier molecular flexibility index (Phi) is 7.20. The molecule has 0 fully saturated rings. The number of rotatable bonds is 6. The lowest BCUT2D eigenvalue weighted by molar-refractivity contribution is 0.669. The summed E-state index contributed by atoms with van der Waals surface area (Å²) in [5.74, 6) is 0. The van der Waals surface area contributed by atoms with Gasteiger partial charge >= 0.3 is 0 Å². The predicted molar refractivity (Wildman–Crippen MR) is 241 cm³/mol. The van der Waals surface area contributed by atoms with E-state index in [1.807, 2.05) is 12.1 Å². The van der Waals surface area contributed by atoms with Crippen molar-refractivity contribution >= 4 is 82.7 Å². The minimum Gasteiger partial charge on any atom is -0.456 e. The van der Waals surface area contributed by atoms with Crippen molar-refractivity contribution in [3.63, 3.8) is 0 Å². The van der Waals surface area contributed by atoms with Crippen LogP contribution in [0.1, 0.15) is 0 Å². The highest BCUT2D eigenvalue weighted by Crippen LogP contribution is 2.48. The van der Waals surface area contributed by atoms with E-state index in [1.54, 1.807) is 0 Å². The first kappa shape index (κ1) is 32.4. The van der Waals surface area contributed by atoms with Crippen LogP contribution in [-0.2, 0) is 0 Å². The summed E-state index contributed by atoms with van der Waals surface area (Å²) in [7, 11) is 0. The molecule has 0 saturated heterocycles. The van der Waals surface area contributed by atoms with Crippen LogP contribution in [0.2, 0.25) is 0 Å². The third-order valence-corrected chi connectivity index (χ3v) is 11.6. The van der Waals surface area contributed by atoms with Gasteiger partial charge in [-0.15, -0.1) is 0 Å². The lowest BCUT2D eigenvalue weighted by Crippen LogP contribution is -2.09. The van der Waals surface area contributed by atoms with Crippen molar-refractivity contribution in [3.8, 4) is 27.9 Å². The fourth-order valence-electron chi connectivity index (χ4n) is 9.03. The summed E-state index contributed by atoms with van der Waals surface area (Å²) in [5.41, 5.74) is 14.6. The summed E-state index contributed by atoms with van der Waals surface area (Å²) in [5, 5.41) is 6.74. The number of furan rings is 2. The molecule has 9 aromatic carbocycles. The average molecular weight is 743 g/mol. The van der Waals surface area contributed by atoms with E-state index in [4.69, 9.17) is 8.83 Å². The molecule has 0 spiro atoms. The lowest BCUT2D eigenvalue weighted by atomic mass is 9.93. The second-order valence-corrected chi connectivity index (χ2v) is 14.9. The van der Waals surface area contributed by atoms with Crippen molar-refractivity contribution in [2.45, 2.75) is 0 Å². The van der Waals surface area contributed by atoms with Crippen molar-refractivity contribution in [3.05, 3.63) is 206 Å². The van der Waals surface area contributed by atoms with Gasteiger partial charge in [0.1, 0.15) is 22.3 Å². The molecule has 0 N–H and O–H groups in total. The smallest absolute Gasteiger partial charge is 0.143 e. The second-order valence-electron chi connectivity index (χ2n) is 14.9. The van der Waals surface area contributed by atoms with Gasteiger partial charge in [0, 0.05) is 72.3 Å². The molecule has 0 amide bonds. The number of fused-ring (bicyclic) bond motifs is 9. The van der Waals surface area contributed by atoms with Gasteiger partial charge in [0.2, 0.25) is 0 Å². The molecule has 0 atom stereocenters. The zero-order valence-corrected chi connectivity index (χ0v) is 31.3. The van der Waals surface area contributed by atoms with Crippen LogP contribution >= 0.6 is 0 Å². The number of para-hydroxylation sites is 6. The molecule has 3 heterocycles. The van der Waals surface area contributed by atoms with Crippen LogP contribution in [0, 0.1) is 0 Å². The van der Waals surface area contributed by atoms with Crippen molar-refractivity contribution in [2.75, 3.05) is 4.90 Å². The molecule has 272 valence electrons. The Morgan fingerprint density at radius 2 is 0.914 bits per heavy atom. The highest BCUT2D eigenvalue weighted by molar-refractivity contribution is 6.29. The maximum absolute atomic E-state index is 6.71. The molecule has 3 aromatic heterocycles. The van der Waals surface area contributed by atoms with Gasteiger partial charge in [0.05, 0.1) is 11.0 Å². The van der Waals surface area contributed by atoms with E-state index in [-0.39, 0.29) is 0 Å². The Hall–Kier alpha value is -7.82. The summed E-state index contributed by atoms with van der Waals surface area (Å²) in [6.45, 7) is 0. The van der Waals surface area contributed by atoms with Crippen LogP contribution in [0.5, 0.6) is 0 Å². The molecule has 4 heteroatoms. The Labute approximate surface area is 334 Å². The molecule has 0 aliphatic rings. The van der Waals surface area contributed by atoms with E-state index in [0.717, 1.165) is 99.9 Å². The van der Waals surface area contributed by atoms with Crippen molar-refractivity contribution < 1.29 is 8.83 Å². The summed E-state index contributed by atoms with van der Waals surface area (Å²) in [6.07, 6.45) is 0. The molecule has 0 radical (unpaired) electrons. The van der Waals surface area contributed by atoms with E-state index in [9.17, 15) is 0 Å². The van der Waals surface area contributed by atoms with Crippen LogP contribution in [0.15, 0.2) is 215 Å². The Morgan fingerprint density at radius 1 is 0.362 bits per heavy atom. The van der Waals surface area contributed by atoms with Crippen LogP contribution in [-0.4, -0.2) is 4.57 Å². The van der Waals surface area contributed by atoms with Crippen LogP contribution in [0.3, 0.4) is 0 Å². The van der Waals surface area contributed by atoms with Gasteiger partial charge in [-0.05, 0) is 77.9 Å². The molecule has 0 aliphatic carbocycles. The van der Waals surface area contributed by atoms with Crippen LogP contribution in [0.25, 0.3) is 93.6 Å². The number of anilines is 3. The van der Waals surface area contributed by atoms with Crippen LogP contribution in [0.4, 0.5) is 17.1 Å². The van der Waals surface area contributed by atoms with Gasteiger partial charge in [0.15, 0.2) is 0 Å². The zero-order chi connectivity index (χ0) is 38.2. The normalized spacial score (nSPS) is 11.8. The minimum absolute atomic E-state index is 0.845. The number of hydrogen-bond donors (Lipinski definition) is 0. The van der Waals surface area contributed by atoms with E-state index in [1.165, 1.54) is 10.8 Å². The standard InChI is InChI=1S/C54H34N2O2/c1-3-14-37(15-4-1)55(38-16-5-2-6-17-38)39-30-26-35(27-31-39)36-28-32-40(33-29-36)56-46-23-10-7-19-43(46)51-47(56)34-50-52(44-20-9-12-25-49(44)57-50)53(51)45-22-13-21-42-41-18-8-11-24-48(41)58-54(42)45/h1-34H. The van der Waals surface area contributed by atoms with Gasteiger partial charge in [-0.25, -0.2) is 0 Å². The third-order valence-electron chi connectivity index (χ3n) is 11.6. The first-order valence-corrected chi connectivity index (χ1v) is 19.7. The number of benzene rings is 9. The van der Waals surface area contributed by atoms with Crippen molar-refractivity contribution in [1.82, 2.24) is 4.57 Å². The number of aromatic nitrogens is 1. The molecular formula is C54H34N2O2. The number of hydrogen-bond acceptors (Lipinski definition) is 3. The van der Waals surface area contributed by atoms with Gasteiger partial charge < -0.3 is 18.3 Å². The maximum atomic E-state index is 6.71. The molecule has 4 nitrogen and oxygen atoms in total. The molecule has 0 saturated carbocycles. The van der Waals surface area contributed by atoms with E-state index in [2.05, 4.69) is 204 Å². The summed E-state index contributed by atoms with van der Waals surface area (Å²) < 4.78 is 15.8. The summed E-state index contributed by atoms with van der Waals surface area (Å²) in [6, 6.07) is 72.9.